The molecule has 0 fully saturated rings. The normalized spacial score (nSPS) is 14.0. The van der Waals surface area contributed by atoms with Crippen LogP contribution in [-0.2, 0) is 20.4 Å². The van der Waals surface area contributed by atoms with E-state index in [9.17, 15) is 0 Å². The third-order valence-electron chi connectivity index (χ3n) is 7.53. The summed E-state index contributed by atoms with van der Waals surface area (Å²) in [4.78, 5) is 3.88. The second-order valence-electron chi connectivity index (χ2n) is 10.0. The minimum Gasteiger partial charge on any atom is -0.510 e. The summed E-state index contributed by atoms with van der Waals surface area (Å²) >= 11 is 1.80. The molecule has 0 saturated carbocycles. The van der Waals surface area contributed by atoms with Gasteiger partial charge in [0.25, 0.3) is 0 Å². The summed E-state index contributed by atoms with van der Waals surface area (Å²) in [5.41, 5.74) is 4.60. The first-order chi connectivity index (χ1) is 19.7. The molecule has 5 aromatic carbocycles. The minimum absolute atomic E-state index is 0. The number of hydrogen-bond acceptors (Lipinski definition) is 3. The Labute approximate surface area is 255 Å². The van der Waals surface area contributed by atoms with Gasteiger partial charge in [-0.15, -0.1) is 39.6 Å². The molecule has 1 aliphatic rings. The zero-order valence-corrected chi connectivity index (χ0v) is 24.3. The van der Waals surface area contributed by atoms with Crippen molar-refractivity contribution in [3.8, 4) is 5.69 Å². The zero-order chi connectivity index (χ0) is 26.8. The van der Waals surface area contributed by atoms with E-state index >= 15 is 4.39 Å². The van der Waals surface area contributed by atoms with Crippen LogP contribution in [0.4, 0.5) is 10.1 Å². The van der Waals surface area contributed by atoms with E-state index in [1.807, 2.05) is 84.4 Å². The summed E-state index contributed by atoms with van der Waals surface area (Å²) < 4.78 is 20.9. The maximum absolute atomic E-state index is 16.2. The minimum atomic E-state index is -1.37. The monoisotopic (exact) mass is 641 g/mol. The topological polar surface area (TPSA) is 11.4 Å². The third-order valence-corrected chi connectivity index (χ3v) is 8.67. The standard InChI is InChI=1S/C35H22FN3S.Pd/c1-37-18-19-38(22-37)26-11-7-8-23(20-26)34(36)24-14-15-27-28-16-17-32-33(29-12-5-6-13-31(29)40-32)35(28)39(30(27)21-24)25-9-3-2-4-10-25;/h2-9,11-19,22,34H,1H3;/q-4;. The van der Waals surface area contributed by atoms with E-state index in [1.54, 1.807) is 17.4 Å². The Morgan fingerprint density at radius 3 is 2.39 bits per heavy atom. The van der Waals surface area contributed by atoms with Gasteiger partial charge in [0.2, 0.25) is 0 Å². The number of benzene rings is 5. The molecule has 41 heavy (non-hydrogen) atoms. The largest absolute Gasteiger partial charge is 0.510 e. The second kappa shape index (κ2) is 10.2. The molecule has 2 aromatic heterocycles. The van der Waals surface area contributed by atoms with E-state index in [1.165, 1.54) is 20.2 Å². The SMILES string of the molecule is CN1C=CN(c2[c-]c(C(F)c3[c-]c4c(cc3)c3ccc5sc6ccccc6c5c3n4-c3[c-]cccc3)ccc2)[CH-]1.[Pd]. The summed E-state index contributed by atoms with van der Waals surface area (Å²) in [7, 11) is 1.96. The molecule has 0 aliphatic carbocycles. The molecule has 0 amide bonds. The molecule has 0 N–H and O–H groups in total. The van der Waals surface area contributed by atoms with Crippen LogP contribution >= 0.6 is 11.3 Å². The molecule has 6 heteroatoms. The fourth-order valence-electron chi connectivity index (χ4n) is 5.70. The van der Waals surface area contributed by atoms with Crippen LogP contribution in [0.3, 0.4) is 0 Å². The summed E-state index contributed by atoms with van der Waals surface area (Å²) in [6.07, 6.45) is 2.51. The molecule has 3 heterocycles. The number of aromatic nitrogens is 1. The number of rotatable bonds is 4. The Morgan fingerprint density at radius 2 is 1.56 bits per heavy atom. The average Bonchev–Trinajstić information content (AvgIpc) is 3.70. The fraction of sp³-hybridized carbons (Fsp3) is 0.0571. The molecular weight excluding hydrogens is 620 g/mol. The smallest absolute Gasteiger partial charge is 0.106 e. The number of para-hydroxylation sites is 1. The number of nitrogens with zero attached hydrogens (tertiary/aromatic N) is 3. The molecule has 0 spiro atoms. The van der Waals surface area contributed by atoms with Gasteiger partial charge in [0.05, 0.1) is 0 Å². The van der Waals surface area contributed by atoms with Gasteiger partial charge in [0.1, 0.15) is 6.17 Å². The molecule has 204 valence electrons. The predicted molar refractivity (Wildman–Crippen MR) is 163 cm³/mol. The van der Waals surface area contributed by atoms with Gasteiger partial charge in [-0.3, -0.25) is 0 Å². The summed E-state index contributed by atoms with van der Waals surface area (Å²) in [5.74, 6) is 0. The van der Waals surface area contributed by atoms with Crippen LogP contribution in [0.2, 0.25) is 0 Å². The van der Waals surface area contributed by atoms with Crippen molar-refractivity contribution < 1.29 is 24.8 Å². The molecule has 0 bridgehead atoms. The van der Waals surface area contributed by atoms with Gasteiger partial charge in [-0.25, -0.2) is 4.39 Å². The Balaban J connectivity index is 0.00000276. The van der Waals surface area contributed by atoms with Crippen molar-refractivity contribution in [2.24, 2.45) is 0 Å². The van der Waals surface area contributed by atoms with Crippen LogP contribution < -0.4 is 4.90 Å². The van der Waals surface area contributed by atoms with Crippen molar-refractivity contribution in [2.75, 3.05) is 11.9 Å². The predicted octanol–water partition coefficient (Wildman–Crippen LogP) is 8.95. The van der Waals surface area contributed by atoms with Crippen LogP contribution in [0.5, 0.6) is 0 Å². The van der Waals surface area contributed by atoms with Crippen LogP contribution in [0, 0.1) is 24.9 Å². The first kappa shape index (κ1) is 26.0. The number of thiophene rings is 1. The van der Waals surface area contributed by atoms with Crippen LogP contribution in [0.25, 0.3) is 47.7 Å². The Bertz CT molecular complexity index is 2100. The van der Waals surface area contributed by atoms with E-state index < -0.39 is 6.17 Å². The molecule has 0 saturated heterocycles. The Morgan fingerprint density at radius 1 is 0.756 bits per heavy atom. The maximum atomic E-state index is 16.2. The van der Waals surface area contributed by atoms with Crippen molar-refractivity contribution in [3.63, 3.8) is 0 Å². The van der Waals surface area contributed by atoms with Gasteiger partial charge in [-0.1, -0.05) is 35.5 Å². The molecule has 8 rings (SSSR count). The van der Waals surface area contributed by atoms with E-state index in [2.05, 4.69) is 59.2 Å². The fourth-order valence-corrected chi connectivity index (χ4v) is 6.80. The molecule has 1 unspecified atom stereocenters. The van der Waals surface area contributed by atoms with E-state index in [-0.39, 0.29) is 20.4 Å². The van der Waals surface area contributed by atoms with Gasteiger partial charge in [0.15, 0.2) is 0 Å². The quantitative estimate of drug-likeness (QED) is 0.140. The summed E-state index contributed by atoms with van der Waals surface area (Å²) in [5, 5.41) is 4.59. The first-order valence-electron chi connectivity index (χ1n) is 13.1. The number of anilines is 1. The summed E-state index contributed by atoms with van der Waals surface area (Å²) in [6.45, 7) is 1.94. The van der Waals surface area contributed by atoms with Gasteiger partial charge >= 0.3 is 0 Å². The molecule has 0 radical (unpaired) electrons. The van der Waals surface area contributed by atoms with E-state index in [0.717, 1.165) is 33.2 Å². The van der Waals surface area contributed by atoms with Gasteiger partial charge < -0.3 is 14.4 Å². The number of alkyl halides is 1. The van der Waals surface area contributed by atoms with Crippen LogP contribution in [-0.4, -0.2) is 16.5 Å². The molecule has 7 aromatic rings. The second-order valence-corrected chi connectivity index (χ2v) is 11.1. The van der Waals surface area contributed by atoms with Gasteiger partial charge in [0, 0.05) is 46.1 Å². The van der Waals surface area contributed by atoms with Crippen LogP contribution in [0.1, 0.15) is 17.3 Å². The van der Waals surface area contributed by atoms with Crippen molar-refractivity contribution >= 4 is 59.0 Å². The van der Waals surface area contributed by atoms with E-state index in [0.29, 0.717) is 11.1 Å². The first-order valence-corrected chi connectivity index (χ1v) is 13.9. The third kappa shape index (κ3) is 4.18. The van der Waals surface area contributed by atoms with Gasteiger partial charge in [-0.2, -0.15) is 73.4 Å². The zero-order valence-electron chi connectivity index (χ0n) is 21.9. The summed E-state index contributed by atoms with van der Waals surface area (Å²) in [6, 6.07) is 40.5. The van der Waals surface area contributed by atoms with Crippen molar-refractivity contribution in [1.29, 1.82) is 0 Å². The van der Waals surface area contributed by atoms with Crippen molar-refractivity contribution in [1.82, 2.24) is 9.47 Å². The van der Waals surface area contributed by atoms with Gasteiger partial charge in [-0.05, 0) is 37.0 Å². The Hall–Kier alpha value is -3.95. The number of halogens is 1. The Kier molecular flexibility index (Phi) is 6.43. The average molecular weight is 642 g/mol. The van der Waals surface area contributed by atoms with Crippen molar-refractivity contribution in [3.05, 3.63) is 139 Å². The molecule has 1 aliphatic heterocycles. The molecule has 1 atom stereocenters. The maximum Gasteiger partial charge on any atom is 0.106 e. The molecule has 3 nitrogen and oxygen atoms in total. The number of hydrogen-bond donors (Lipinski definition) is 0. The number of fused-ring (bicyclic) bond motifs is 7. The van der Waals surface area contributed by atoms with Crippen LogP contribution in [0.15, 0.2) is 103 Å². The molecular formula is C35H22FN3PdS-4. The van der Waals surface area contributed by atoms with E-state index in [4.69, 9.17) is 0 Å². The van der Waals surface area contributed by atoms with Crippen molar-refractivity contribution in [2.45, 2.75) is 6.17 Å².